The first-order valence-corrected chi connectivity index (χ1v) is 4.91. The van der Waals surface area contributed by atoms with Gasteiger partial charge < -0.3 is 10.2 Å². The summed E-state index contributed by atoms with van der Waals surface area (Å²) >= 11 is 0. The number of pyridine rings is 1. The summed E-state index contributed by atoms with van der Waals surface area (Å²) in [6.07, 6.45) is 3.61. The molecule has 84 valence electrons. The Hall–Kier alpha value is -1.21. The van der Waals surface area contributed by atoms with Crippen molar-refractivity contribution in [1.82, 2.24) is 15.2 Å². The van der Waals surface area contributed by atoms with E-state index >= 15 is 0 Å². The van der Waals surface area contributed by atoms with E-state index in [4.69, 9.17) is 0 Å². The molecule has 16 heavy (non-hydrogen) atoms. The molecule has 0 unspecified atom stereocenters. The Morgan fingerprint density at radius 1 is 1.12 bits per heavy atom. The van der Waals surface area contributed by atoms with Crippen LogP contribution in [0.5, 0.6) is 0 Å². The molecule has 0 atom stereocenters. The van der Waals surface area contributed by atoms with Crippen molar-refractivity contribution in [3.63, 3.8) is 0 Å². The number of hydrogen-bond acceptors (Lipinski definition) is 2. The molecule has 0 bridgehead atoms. The molecule has 0 amide bonds. The number of rotatable bonds is 0. The first-order valence-electron chi connectivity index (χ1n) is 4.91. The van der Waals surface area contributed by atoms with Crippen LogP contribution < -0.4 is 5.10 Å². The quantitative estimate of drug-likeness (QED) is 0.591. The van der Waals surface area contributed by atoms with Crippen molar-refractivity contribution in [3.05, 3.63) is 35.7 Å². The van der Waals surface area contributed by atoms with Crippen LogP contribution in [0.2, 0.25) is 0 Å². The van der Waals surface area contributed by atoms with Gasteiger partial charge in [-0.05, 0) is 36.4 Å². The molecular weight excluding hydrogens is 381 g/mol. The summed E-state index contributed by atoms with van der Waals surface area (Å²) in [5.41, 5.74) is 4.37. The van der Waals surface area contributed by atoms with Crippen molar-refractivity contribution in [3.8, 4) is 0 Å². The van der Waals surface area contributed by atoms with Crippen molar-refractivity contribution >= 4 is 21.8 Å². The molecule has 0 saturated heterocycles. The first-order chi connectivity index (χ1) is 7.29. The maximum Gasteiger partial charge on any atom is 0.0575 e. The van der Waals surface area contributed by atoms with E-state index in [2.05, 4.69) is 35.1 Å². The van der Waals surface area contributed by atoms with E-state index in [1.165, 1.54) is 16.5 Å². The predicted molar refractivity (Wildman–Crippen MR) is 59.8 cm³/mol. The number of hydrogen-bond donors (Lipinski definition) is 0. The average Bonchev–Trinajstić information content (AvgIpc) is 2.75. The van der Waals surface area contributed by atoms with Gasteiger partial charge in [-0.3, -0.25) is 4.98 Å². The Kier molecular flexibility index (Phi) is 2.81. The molecule has 3 aromatic rings. The normalized spacial score (nSPS) is 10.6. The standard InChI is InChI=1S/C12H10N3.Pt/c1-7-8(2)10-6-14-15-12(10)11-9(7)4-3-5-13-11;/h3-6H,1-2H3;/q-1;. The SMILES string of the molecule is Cc1c(C)c2cn[n-]c2c2ncccc12.[Pt]. The summed E-state index contributed by atoms with van der Waals surface area (Å²) in [6.45, 7) is 4.22. The van der Waals surface area contributed by atoms with Crippen molar-refractivity contribution in [1.29, 1.82) is 0 Å². The third-order valence-electron chi connectivity index (χ3n) is 3.00. The number of aryl methyl sites for hydroxylation is 2. The number of nitrogens with zero attached hydrogens (tertiary/aromatic N) is 3. The Bertz CT molecular complexity index is 658. The van der Waals surface area contributed by atoms with Crippen LogP contribution in [0, 0.1) is 13.8 Å². The summed E-state index contributed by atoms with van der Waals surface area (Å²) in [6, 6.07) is 4.04. The number of fused-ring (bicyclic) bond motifs is 3. The molecule has 0 spiro atoms. The Morgan fingerprint density at radius 2 is 1.88 bits per heavy atom. The molecule has 0 saturated carbocycles. The van der Waals surface area contributed by atoms with E-state index in [1.54, 1.807) is 6.20 Å². The molecule has 3 rings (SSSR count). The van der Waals surface area contributed by atoms with Gasteiger partial charge in [0.25, 0.3) is 0 Å². The van der Waals surface area contributed by atoms with E-state index in [0.717, 1.165) is 16.4 Å². The molecule has 2 aromatic heterocycles. The van der Waals surface area contributed by atoms with Crippen LogP contribution in [0.4, 0.5) is 0 Å². The van der Waals surface area contributed by atoms with Crippen molar-refractivity contribution < 1.29 is 21.1 Å². The third-order valence-corrected chi connectivity index (χ3v) is 3.00. The van der Waals surface area contributed by atoms with Gasteiger partial charge in [0.2, 0.25) is 0 Å². The second-order valence-electron chi connectivity index (χ2n) is 3.76. The first kappa shape index (κ1) is 11.3. The maximum absolute atomic E-state index is 4.38. The Balaban J connectivity index is 0.000000963. The summed E-state index contributed by atoms with van der Waals surface area (Å²) in [7, 11) is 0. The molecule has 2 heterocycles. The summed E-state index contributed by atoms with van der Waals surface area (Å²) < 4.78 is 0. The molecule has 1 aromatic carbocycles. The maximum atomic E-state index is 4.38. The number of benzene rings is 1. The largest absolute Gasteiger partial charge is 0.573 e. The number of aromatic nitrogens is 3. The van der Waals surface area contributed by atoms with Crippen molar-refractivity contribution in [2.45, 2.75) is 13.8 Å². The van der Waals surface area contributed by atoms with Gasteiger partial charge in [0.1, 0.15) is 0 Å². The molecule has 4 heteroatoms. The molecular formula is C12H10N3Pt-. The van der Waals surface area contributed by atoms with Crippen LogP contribution in [-0.2, 0) is 21.1 Å². The Morgan fingerprint density at radius 3 is 2.69 bits per heavy atom. The molecule has 0 radical (unpaired) electrons. The van der Waals surface area contributed by atoms with Crippen LogP contribution in [0.3, 0.4) is 0 Å². The molecule has 3 nitrogen and oxygen atoms in total. The summed E-state index contributed by atoms with van der Waals surface area (Å²) in [4.78, 5) is 4.38. The zero-order valence-corrected chi connectivity index (χ0v) is 11.2. The van der Waals surface area contributed by atoms with Crippen LogP contribution in [0.1, 0.15) is 11.1 Å². The fourth-order valence-corrected chi connectivity index (χ4v) is 2.01. The van der Waals surface area contributed by atoms with Crippen LogP contribution in [0.25, 0.3) is 21.8 Å². The molecule has 0 aliphatic carbocycles. The van der Waals surface area contributed by atoms with Crippen molar-refractivity contribution in [2.24, 2.45) is 0 Å². The zero-order valence-electron chi connectivity index (χ0n) is 8.97. The van der Waals surface area contributed by atoms with E-state index in [9.17, 15) is 0 Å². The van der Waals surface area contributed by atoms with Gasteiger partial charge in [0.05, 0.1) is 5.52 Å². The van der Waals surface area contributed by atoms with Crippen LogP contribution in [0.15, 0.2) is 24.5 Å². The smallest absolute Gasteiger partial charge is 0.0575 e. The fraction of sp³-hybridized carbons (Fsp3) is 0.167. The van der Waals surface area contributed by atoms with Gasteiger partial charge in [-0.25, -0.2) is 0 Å². The second kappa shape index (κ2) is 3.98. The van der Waals surface area contributed by atoms with Crippen LogP contribution >= 0.6 is 0 Å². The van der Waals surface area contributed by atoms with Gasteiger partial charge in [-0.1, -0.05) is 11.6 Å². The topological polar surface area (TPSA) is 39.9 Å². The van der Waals surface area contributed by atoms with Gasteiger partial charge >= 0.3 is 0 Å². The van der Waals surface area contributed by atoms with Crippen molar-refractivity contribution in [2.75, 3.05) is 0 Å². The second-order valence-corrected chi connectivity index (χ2v) is 3.76. The minimum Gasteiger partial charge on any atom is -0.573 e. The summed E-state index contributed by atoms with van der Waals surface area (Å²) in [5.74, 6) is 0. The van der Waals surface area contributed by atoms with E-state index in [0.29, 0.717) is 0 Å². The fourth-order valence-electron chi connectivity index (χ4n) is 2.01. The minimum atomic E-state index is 0. The predicted octanol–water partition coefficient (Wildman–Crippen LogP) is 2.35. The van der Waals surface area contributed by atoms with Gasteiger partial charge in [-0.2, -0.15) is 0 Å². The van der Waals surface area contributed by atoms with Gasteiger partial charge in [0, 0.05) is 38.8 Å². The average molecular weight is 391 g/mol. The van der Waals surface area contributed by atoms with E-state index in [-0.39, 0.29) is 21.1 Å². The minimum absolute atomic E-state index is 0. The van der Waals surface area contributed by atoms with E-state index in [1.807, 2.05) is 12.3 Å². The Labute approximate surface area is 108 Å². The molecule has 0 aliphatic heterocycles. The zero-order chi connectivity index (χ0) is 10.4. The monoisotopic (exact) mass is 391 g/mol. The van der Waals surface area contributed by atoms with Gasteiger partial charge in [-0.15, -0.1) is 0 Å². The van der Waals surface area contributed by atoms with Gasteiger partial charge in [0.15, 0.2) is 0 Å². The third kappa shape index (κ3) is 1.39. The molecule has 0 fully saturated rings. The molecule has 0 aliphatic rings. The molecule has 0 N–H and O–H groups in total. The van der Waals surface area contributed by atoms with E-state index < -0.39 is 0 Å². The van der Waals surface area contributed by atoms with Crippen LogP contribution in [-0.4, -0.2) is 10.1 Å². The summed E-state index contributed by atoms with van der Waals surface area (Å²) in [5, 5.41) is 10.4.